The van der Waals surface area contributed by atoms with Crippen molar-refractivity contribution >= 4 is 23.8 Å². The lowest BCUT2D eigenvalue weighted by atomic mass is 10.2. The van der Waals surface area contributed by atoms with Crippen LogP contribution in [0.5, 0.6) is 0 Å². The molecule has 0 atom stereocenters. The quantitative estimate of drug-likeness (QED) is 0.453. The summed E-state index contributed by atoms with van der Waals surface area (Å²) in [6.45, 7) is 2.08. The van der Waals surface area contributed by atoms with Gasteiger partial charge in [0.15, 0.2) is 0 Å². The van der Waals surface area contributed by atoms with Crippen LogP contribution in [0.2, 0.25) is 0 Å². The molecule has 0 fully saturated rings. The summed E-state index contributed by atoms with van der Waals surface area (Å²) in [6.07, 6.45) is 11.1. The van der Waals surface area contributed by atoms with Crippen LogP contribution in [0.1, 0.15) is 24.8 Å². The predicted octanol–water partition coefficient (Wildman–Crippen LogP) is 5.83. The van der Waals surface area contributed by atoms with Crippen molar-refractivity contribution in [3.05, 3.63) is 72.3 Å². The number of benzene rings is 2. The van der Waals surface area contributed by atoms with Gasteiger partial charge in [-0.25, -0.2) is 0 Å². The fraction of sp³-hybridized carbons (Fsp3) is 0.200. The summed E-state index contributed by atoms with van der Waals surface area (Å²) in [6, 6.07) is 18.2. The lowest BCUT2D eigenvalue weighted by molar-refractivity contribution is 0.904. The fourth-order valence-corrected chi connectivity index (χ4v) is 2.01. The molecule has 0 saturated heterocycles. The molecule has 2 aromatic rings. The van der Waals surface area contributed by atoms with Crippen molar-refractivity contribution in [2.45, 2.75) is 26.2 Å². The van der Waals surface area contributed by atoms with Gasteiger partial charge < -0.3 is 0 Å². The highest BCUT2D eigenvalue weighted by Crippen LogP contribution is 2.13. The van der Waals surface area contributed by atoms with Gasteiger partial charge >= 0.3 is 0 Å². The third-order valence-electron chi connectivity index (χ3n) is 3.15. The van der Waals surface area contributed by atoms with Gasteiger partial charge in [-0.1, -0.05) is 36.4 Å². The molecule has 112 valence electrons. The number of rotatable bonds is 7. The predicted molar refractivity (Wildman–Crippen MR) is 96.9 cm³/mol. The molecule has 0 spiro atoms. The fourth-order valence-electron chi connectivity index (χ4n) is 2.01. The van der Waals surface area contributed by atoms with Gasteiger partial charge in [-0.2, -0.15) is 0 Å². The Hall–Kier alpha value is -2.48. The monoisotopic (exact) mass is 290 g/mol. The third-order valence-corrected chi connectivity index (χ3v) is 3.15. The minimum Gasteiger partial charge on any atom is -0.261 e. The van der Waals surface area contributed by atoms with Crippen LogP contribution in [0.25, 0.3) is 0 Å². The maximum atomic E-state index is 4.47. The third kappa shape index (κ3) is 6.31. The van der Waals surface area contributed by atoms with E-state index in [-0.39, 0.29) is 0 Å². The van der Waals surface area contributed by atoms with E-state index in [0.29, 0.717) is 0 Å². The van der Waals surface area contributed by atoms with E-state index < -0.39 is 0 Å². The Kier molecular flexibility index (Phi) is 6.83. The van der Waals surface area contributed by atoms with Crippen molar-refractivity contribution in [2.24, 2.45) is 9.98 Å². The number of unbranched alkanes of at least 4 members (excludes halogenated alkanes) is 2. The number of para-hydroxylation sites is 1. The summed E-state index contributed by atoms with van der Waals surface area (Å²) in [5, 5.41) is 0. The van der Waals surface area contributed by atoms with Gasteiger partial charge in [-0.15, -0.1) is 0 Å². The molecule has 0 aromatic heterocycles. The van der Waals surface area contributed by atoms with E-state index in [1.807, 2.05) is 61.0 Å². The van der Waals surface area contributed by atoms with Crippen LogP contribution in [0.4, 0.5) is 11.4 Å². The van der Waals surface area contributed by atoms with Gasteiger partial charge in [0.1, 0.15) is 0 Å². The van der Waals surface area contributed by atoms with Crippen LogP contribution in [0.3, 0.4) is 0 Å². The van der Waals surface area contributed by atoms with Gasteiger partial charge in [0, 0.05) is 12.4 Å². The molecular formula is C20H22N2. The zero-order chi connectivity index (χ0) is 15.5. The van der Waals surface area contributed by atoms with Crippen LogP contribution < -0.4 is 0 Å². The Bertz CT molecular complexity index is 640. The van der Waals surface area contributed by atoms with Crippen molar-refractivity contribution in [3.63, 3.8) is 0 Å². The lowest BCUT2D eigenvalue weighted by Crippen LogP contribution is -1.77. The molecule has 0 unspecified atom stereocenters. The van der Waals surface area contributed by atoms with E-state index in [9.17, 15) is 0 Å². The maximum absolute atomic E-state index is 4.47. The second-order valence-electron chi connectivity index (χ2n) is 5.12. The summed E-state index contributed by atoms with van der Waals surface area (Å²) in [4.78, 5) is 8.82. The van der Waals surface area contributed by atoms with Crippen LogP contribution in [0, 0.1) is 6.92 Å². The molecule has 0 bridgehead atoms. The Morgan fingerprint density at radius 1 is 0.864 bits per heavy atom. The van der Waals surface area contributed by atoms with E-state index in [0.717, 1.165) is 30.6 Å². The lowest BCUT2D eigenvalue weighted by Gasteiger charge is -1.95. The van der Waals surface area contributed by atoms with E-state index in [1.54, 1.807) is 0 Å². The molecule has 0 saturated carbocycles. The Labute approximate surface area is 133 Å². The number of aliphatic imine (C=N–C) groups is 2. The molecule has 2 aromatic carbocycles. The SMILES string of the molecule is Cc1cccc(N=CCCCC=CC=Nc2ccccc2)c1. The molecule has 0 radical (unpaired) electrons. The summed E-state index contributed by atoms with van der Waals surface area (Å²) in [5.74, 6) is 0. The van der Waals surface area contributed by atoms with Crippen molar-refractivity contribution in [3.8, 4) is 0 Å². The van der Waals surface area contributed by atoms with E-state index in [1.165, 1.54) is 5.56 Å². The second-order valence-corrected chi connectivity index (χ2v) is 5.12. The molecule has 0 amide bonds. The number of aryl methyl sites for hydroxylation is 1. The summed E-state index contributed by atoms with van der Waals surface area (Å²) in [5.41, 5.74) is 3.26. The van der Waals surface area contributed by atoms with Crippen LogP contribution >= 0.6 is 0 Å². The first-order valence-corrected chi connectivity index (χ1v) is 7.68. The van der Waals surface area contributed by atoms with Crippen molar-refractivity contribution in [1.29, 1.82) is 0 Å². The first-order valence-electron chi connectivity index (χ1n) is 7.68. The van der Waals surface area contributed by atoms with Gasteiger partial charge in [-0.05, 0) is 62.1 Å². The topological polar surface area (TPSA) is 24.7 Å². The van der Waals surface area contributed by atoms with Gasteiger partial charge in [0.05, 0.1) is 11.4 Å². The molecule has 0 heterocycles. The molecule has 0 aliphatic rings. The number of hydrogen-bond acceptors (Lipinski definition) is 2. The second kappa shape index (κ2) is 9.46. The minimum absolute atomic E-state index is 0.984. The molecule has 22 heavy (non-hydrogen) atoms. The van der Waals surface area contributed by atoms with Gasteiger partial charge in [-0.3, -0.25) is 9.98 Å². The highest BCUT2D eigenvalue weighted by atomic mass is 14.7. The summed E-state index contributed by atoms with van der Waals surface area (Å²) in [7, 11) is 0. The molecular weight excluding hydrogens is 268 g/mol. The first-order chi connectivity index (χ1) is 10.8. The molecule has 0 aliphatic heterocycles. The van der Waals surface area contributed by atoms with Gasteiger partial charge in [0.2, 0.25) is 0 Å². The van der Waals surface area contributed by atoms with E-state index in [4.69, 9.17) is 0 Å². The maximum Gasteiger partial charge on any atom is 0.0629 e. The smallest absolute Gasteiger partial charge is 0.0629 e. The van der Waals surface area contributed by atoms with Crippen molar-refractivity contribution < 1.29 is 0 Å². The molecule has 2 heteroatoms. The van der Waals surface area contributed by atoms with Crippen LogP contribution in [-0.2, 0) is 0 Å². The zero-order valence-electron chi connectivity index (χ0n) is 13.0. The molecule has 2 rings (SSSR count). The van der Waals surface area contributed by atoms with Crippen molar-refractivity contribution in [2.75, 3.05) is 0 Å². The first kappa shape index (κ1) is 15.9. The van der Waals surface area contributed by atoms with Gasteiger partial charge in [0.25, 0.3) is 0 Å². The number of nitrogens with zero attached hydrogens (tertiary/aromatic N) is 2. The Morgan fingerprint density at radius 2 is 1.68 bits per heavy atom. The highest BCUT2D eigenvalue weighted by molar-refractivity contribution is 5.74. The summed E-state index contributed by atoms with van der Waals surface area (Å²) >= 11 is 0. The number of allylic oxidation sites excluding steroid dienone is 2. The van der Waals surface area contributed by atoms with Crippen LogP contribution in [-0.4, -0.2) is 12.4 Å². The normalized spacial score (nSPS) is 11.9. The zero-order valence-corrected chi connectivity index (χ0v) is 13.0. The average Bonchev–Trinajstić information content (AvgIpc) is 2.54. The molecule has 0 N–H and O–H groups in total. The van der Waals surface area contributed by atoms with E-state index in [2.05, 4.69) is 35.1 Å². The van der Waals surface area contributed by atoms with E-state index >= 15 is 0 Å². The van der Waals surface area contributed by atoms with Crippen LogP contribution in [0.15, 0.2) is 76.7 Å². The Balaban J connectivity index is 1.63. The summed E-state index contributed by atoms with van der Waals surface area (Å²) < 4.78 is 0. The minimum atomic E-state index is 0.984. The molecule has 0 aliphatic carbocycles. The number of hydrogen-bond donors (Lipinski definition) is 0. The largest absolute Gasteiger partial charge is 0.261 e. The highest BCUT2D eigenvalue weighted by Gasteiger charge is 1.88. The Morgan fingerprint density at radius 3 is 2.50 bits per heavy atom. The van der Waals surface area contributed by atoms with Crippen molar-refractivity contribution in [1.82, 2.24) is 0 Å². The average molecular weight is 290 g/mol. The molecule has 2 nitrogen and oxygen atoms in total. The standard InChI is InChI=1S/C20H22N2/c1-18-11-10-14-20(17-18)22-16-9-4-2-3-8-15-21-19-12-6-5-7-13-19/h3,5-8,10-17H,2,4,9H2,1H3.